The molecule has 0 aliphatic carbocycles. The molecule has 0 bridgehead atoms. The van der Waals surface area contributed by atoms with Crippen molar-refractivity contribution >= 4 is 34.2 Å². The summed E-state index contributed by atoms with van der Waals surface area (Å²) in [7, 11) is 2.81. The summed E-state index contributed by atoms with van der Waals surface area (Å²) in [5, 5.41) is 0. The van der Waals surface area contributed by atoms with Gasteiger partial charge in [-0.25, -0.2) is 0 Å². The Balaban J connectivity index is 3.77. The van der Waals surface area contributed by atoms with E-state index >= 15 is 0 Å². The Morgan fingerprint density at radius 2 is 2.00 bits per heavy atom. The Hall–Kier alpha value is -0.0800. The van der Waals surface area contributed by atoms with Crippen LogP contribution >= 0.6 is 21.6 Å². The Labute approximate surface area is 104 Å². The summed E-state index contributed by atoms with van der Waals surface area (Å²) in [4.78, 5) is 20.8. The number of hydrogen-bond donors (Lipinski definition) is 3. The highest BCUT2D eigenvalue weighted by Gasteiger charge is 2.25. The zero-order valence-corrected chi connectivity index (χ0v) is 10.6. The van der Waals surface area contributed by atoms with Gasteiger partial charge in [0.05, 0.1) is 11.6 Å². The first kappa shape index (κ1) is 15.9. The molecule has 0 aliphatic heterocycles. The molecular weight excluding hydrogens is 246 g/mol. The summed E-state index contributed by atoms with van der Waals surface area (Å²) >= 11 is 0. The van der Waals surface area contributed by atoms with Crippen molar-refractivity contribution in [2.75, 3.05) is 18.1 Å². The first-order chi connectivity index (χ1) is 7.58. The molecule has 2 atom stereocenters. The van der Waals surface area contributed by atoms with Crippen LogP contribution < -0.4 is 17.2 Å². The van der Waals surface area contributed by atoms with Crippen LogP contribution in [-0.4, -0.2) is 42.2 Å². The van der Waals surface area contributed by atoms with Crippen molar-refractivity contribution in [1.29, 1.82) is 0 Å². The van der Waals surface area contributed by atoms with Gasteiger partial charge in [0.25, 0.3) is 0 Å². The van der Waals surface area contributed by atoms with Crippen LogP contribution in [0.2, 0.25) is 0 Å². The molecule has 2 radical (unpaired) electrons. The van der Waals surface area contributed by atoms with Crippen molar-refractivity contribution in [1.82, 2.24) is 0 Å². The van der Waals surface area contributed by atoms with E-state index < -0.39 is 11.6 Å². The molecule has 0 saturated heterocycles. The lowest BCUT2D eigenvalue weighted by molar-refractivity contribution is 0.479. The average molecular weight is 263 g/mol. The zero-order chi connectivity index (χ0) is 12.4. The summed E-state index contributed by atoms with van der Waals surface area (Å²) in [6.45, 7) is 0.503. The molecule has 0 aromatic rings. The molecule has 0 aliphatic rings. The van der Waals surface area contributed by atoms with Gasteiger partial charge in [-0.2, -0.15) is 0 Å². The van der Waals surface area contributed by atoms with Crippen LogP contribution in [0.3, 0.4) is 0 Å². The molecule has 0 amide bonds. The lowest BCUT2D eigenvalue weighted by Gasteiger charge is -2.20. The van der Waals surface area contributed by atoms with Crippen LogP contribution in [-0.2, 0) is 9.59 Å². The predicted octanol–water partition coefficient (Wildman–Crippen LogP) is -0.649. The van der Waals surface area contributed by atoms with E-state index in [2.05, 4.69) is 0 Å². The fraction of sp³-hybridized carbons (Fsp3) is 0.778. The first-order valence-corrected chi connectivity index (χ1v) is 7.32. The highest BCUT2D eigenvalue weighted by Crippen LogP contribution is 2.26. The van der Waals surface area contributed by atoms with Gasteiger partial charge in [-0.15, -0.1) is 0 Å². The average Bonchev–Trinajstić information content (AvgIpc) is 2.31. The van der Waals surface area contributed by atoms with E-state index in [1.807, 2.05) is 6.29 Å². The van der Waals surface area contributed by atoms with Crippen molar-refractivity contribution in [3.05, 3.63) is 0 Å². The molecule has 16 heavy (non-hydrogen) atoms. The molecule has 0 rings (SSSR count). The highest BCUT2D eigenvalue weighted by atomic mass is 33.1. The molecule has 0 aromatic carbocycles. The predicted molar refractivity (Wildman–Crippen MR) is 69.5 cm³/mol. The van der Waals surface area contributed by atoms with E-state index in [1.54, 1.807) is 6.29 Å². The smallest absolute Gasteiger partial charge is 0.220 e. The normalized spacial score (nSPS) is 16.4. The lowest BCUT2D eigenvalue weighted by atomic mass is 9.99. The van der Waals surface area contributed by atoms with Gasteiger partial charge < -0.3 is 17.2 Å². The van der Waals surface area contributed by atoms with Crippen LogP contribution in [0.4, 0.5) is 0 Å². The minimum atomic E-state index is -0.952. The maximum absolute atomic E-state index is 10.7. The monoisotopic (exact) mass is 263 g/mol. The molecule has 0 aromatic heterocycles. The van der Waals surface area contributed by atoms with Crippen molar-refractivity contribution in [2.24, 2.45) is 17.2 Å². The standard InChI is InChI=1S/C9H17N3O2S2/c10-3-1-2-9(12,6-14)7-16-15-5-8(11)4-13/h8H,1-3,5,7,10-12H2. The summed E-state index contributed by atoms with van der Waals surface area (Å²) in [6.07, 6.45) is 4.74. The number of rotatable bonds is 10. The summed E-state index contributed by atoms with van der Waals surface area (Å²) in [6, 6.07) is -0.589. The Morgan fingerprint density at radius 3 is 2.50 bits per heavy atom. The number of nitrogens with two attached hydrogens (primary N) is 3. The third-order valence-electron chi connectivity index (χ3n) is 1.83. The maximum Gasteiger partial charge on any atom is 0.220 e. The maximum atomic E-state index is 10.7. The van der Waals surface area contributed by atoms with E-state index in [4.69, 9.17) is 17.2 Å². The van der Waals surface area contributed by atoms with Crippen molar-refractivity contribution in [2.45, 2.75) is 24.4 Å². The van der Waals surface area contributed by atoms with Gasteiger partial charge in [0.1, 0.15) is 0 Å². The fourth-order valence-corrected chi connectivity index (χ4v) is 3.29. The quantitative estimate of drug-likeness (QED) is 0.354. The van der Waals surface area contributed by atoms with Crippen LogP contribution in [0.5, 0.6) is 0 Å². The molecule has 5 nitrogen and oxygen atoms in total. The Kier molecular flexibility index (Phi) is 8.96. The molecule has 0 spiro atoms. The van der Waals surface area contributed by atoms with Gasteiger partial charge in [0.2, 0.25) is 12.6 Å². The van der Waals surface area contributed by atoms with Crippen LogP contribution in [0.1, 0.15) is 12.8 Å². The molecule has 0 saturated carbocycles. The van der Waals surface area contributed by atoms with E-state index in [0.29, 0.717) is 30.9 Å². The van der Waals surface area contributed by atoms with Gasteiger partial charge >= 0.3 is 0 Å². The van der Waals surface area contributed by atoms with Gasteiger partial charge in [-0.05, 0) is 19.4 Å². The molecule has 92 valence electrons. The lowest BCUT2D eigenvalue weighted by Crippen LogP contribution is -2.44. The van der Waals surface area contributed by atoms with E-state index in [0.717, 1.165) is 0 Å². The summed E-state index contributed by atoms with van der Waals surface area (Å²) in [5.41, 5.74) is 15.6. The van der Waals surface area contributed by atoms with E-state index in [9.17, 15) is 9.59 Å². The molecule has 0 heterocycles. The molecule has 2 unspecified atom stereocenters. The minimum absolute atomic E-state index is 0.437. The Morgan fingerprint density at radius 1 is 1.31 bits per heavy atom. The minimum Gasteiger partial charge on any atom is -0.330 e. The van der Waals surface area contributed by atoms with Gasteiger partial charge in [0.15, 0.2) is 0 Å². The largest absolute Gasteiger partial charge is 0.330 e. The van der Waals surface area contributed by atoms with E-state index in [1.165, 1.54) is 21.6 Å². The van der Waals surface area contributed by atoms with Crippen LogP contribution in [0.15, 0.2) is 0 Å². The second-order valence-electron chi connectivity index (χ2n) is 3.42. The van der Waals surface area contributed by atoms with Gasteiger partial charge in [-0.3, -0.25) is 9.59 Å². The Bertz CT molecular complexity index is 219. The second kappa shape index (κ2) is 9.00. The van der Waals surface area contributed by atoms with Crippen LogP contribution in [0, 0.1) is 0 Å². The van der Waals surface area contributed by atoms with Crippen molar-refractivity contribution in [3.8, 4) is 0 Å². The topological polar surface area (TPSA) is 112 Å². The summed E-state index contributed by atoms with van der Waals surface area (Å²) < 4.78 is 0. The van der Waals surface area contributed by atoms with Crippen molar-refractivity contribution < 1.29 is 9.59 Å². The fourth-order valence-electron chi connectivity index (χ4n) is 0.872. The third kappa shape index (κ3) is 7.24. The third-order valence-corrected chi connectivity index (χ3v) is 4.39. The second-order valence-corrected chi connectivity index (χ2v) is 5.93. The van der Waals surface area contributed by atoms with Crippen LogP contribution in [0.25, 0.3) is 0 Å². The molecule has 0 fully saturated rings. The van der Waals surface area contributed by atoms with E-state index in [-0.39, 0.29) is 0 Å². The molecule has 6 N–H and O–H groups in total. The van der Waals surface area contributed by atoms with Gasteiger partial charge in [0, 0.05) is 11.5 Å². The zero-order valence-electron chi connectivity index (χ0n) is 8.98. The SMILES string of the molecule is NCCCC(N)([C]=O)CSSCC(N)[C]=O. The molecular formula is C9H17N3O2S2. The number of hydrogen-bond acceptors (Lipinski definition) is 7. The van der Waals surface area contributed by atoms with Gasteiger partial charge in [-0.1, -0.05) is 21.6 Å². The highest BCUT2D eigenvalue weighted by molar-refractivity contribution is 8.76. The van der Waals surface area contributed by atoms with Crippen molar-refractivity contribution in [3.63, 3.8) is 0 Å². The number of carbonyl (C=O) groups excluding carboxylic acids is 2. The molecule has 7 heteroatoms. The first-order valence-electron chi connectivity index (χ1n) is 4.84. The summed E-state index contributed by atoms with van der Waals surface area (Å²) in [5.74, 6) is 0.896.